The van der Waals surface area contributed by atoms with Gasteiger partial charge in [0.1, 0.15) is 11.5 Å². The second-order valence-corrected chi connectivity index (χ2v) is 4.73. The molecule has 0 saturated carbocycles. The number of imidazole rings is 1. The molecule has 8 nitrogen and oxygen atoms in total. The van der Waals surface area contributed by atoms with Gasteiger partial charge in [-0.15, -0.1) is 0 Å². The van der Waals surface area contributed by atoms with E-state index in [9.17, 15) is 14.9 Å². The first kappa shape index (κ1) is 13.3. The van der Waals surface area contributed by atoms with Crippen molar-refractivity contribution < 1.29 is 9.72 Å². The van der Waals surface area contributed by atoms with Crippen LogP contribution in [0.25, 0.3) is 5.69 Å². The highest BCUT2D eigenvalue weighted by atomic mass is 16.6. The Hall–Kier alpha value is -2.74. The molecule has 2 heterocycles. The number of carbonyl (C=O) groups excluding carboxylic acids is 1. The fraction of sp³-hybridized carbons (Fsp3) is 0.231. The molecule has 3 N–H and O–H groups in total. The molecule has 0 radical (unpaired) electrons. The number of benzene rings is 1. The molecule has 2 aromatic rings. The van der Waals surface area contributed by atoms with E-state index < -0.39 is 4.92 Å². The Kier molecular flexibility index (Phi) is 3.15. The number of nitro groups is 1. The molecular formula is C13H13N5O3. The average Bonchev–Trinajstić information content (AvgIpc) is 3.02. The second kappa shape index (κ2) is 4.98. The summed E-state index contributed by atoms with van der Waals surface area (Å²) in [7, 11) is 0. The molecular weight excluding hydrogens is 274 g/mol. The molecule has 1 aliphatic rings. The Bertz CT molecular complexity index is 737. The molecule has 1 amide bonds. The molecule has 0 atom stereocenters. The van der Waals surface area contributed by atoms with E-state index in [4.69, 9.17) is 5.73 Å². The van der Waals surface area contributed by atoms with Crippen LogP contribution < -0.4 is 11.1 Å². The number of nitro benzene ring substituents is 1. The summed E-state index contributed by atoms with van der Waals surface area (Å²) >= 11 is 0. The van der Waals surface area contributed by atoms with Crippen molar-refractivity contribution in [1.82, 2.24) is 9.55 Å². The Morgan fingerprint density at radius 3 is 3.00 bits per heavy atom. The summed E-state index contributed by atoms with van der Waals surface area (Å²) in [4.78, 5) is 26.5. The highest BCUT2D eigenvalue weighted by molar-refractivity contribution is 6.00. The van der Waals surface area contributed by atoms with Crippen LogP contribution in [-0.2, 0) is 17.6 Å². The molecule has 0 saturated heterocycles. The van der Waals surface area contributed by atoms with Gasteiger partial charge >= 0.3 is 0 Å². The Labute approximate surface area is 119 Å². The first-order valence-electron chi connectivity index (χ1n) is 6.44. The van der Waals surface area contributed by atoms with Gasteiger partial charge in [0.2, 0.25) is 5.91 Å². The Morgan fingerprint density at radius 1 is 1.48 bits per heavy atom. The van der Waals surface area contributed by atoms with Gasteiger partial charge in [0, 0.05) is 30.6 Å². The van der Waals surface area contributed by atoms with Gasteiger partial charge in [0.15, 0.2) is 0 Å². The zero-order valence-electron chi connectivity index (χ0n) is 11.1. The van der Waals surface area contributed by atoms with Gasteiger partial charge in [-0.1, -0.05) is 0 Å². The Balaban J connectivity index is 2.17. The summed E-state index contributed by atoms with van der Waals surface area (Å²) in [6.45, 7) is 0.395. The van der Waals surface area contributed by atoms with Crippen molar-refractivity contribution in [3.05, 3.63) is 46.0 Å². The molecule has 1 aliphatic heterocycles. The monoisotopic (exact) mass is 287 g/mol. The smallest absolute Gasteiger partial charge is 0.293 e. The summed E-state index contributed by atoms with van der Waals surface area (Å²) < 4.78 is 1.63. The van der Waals surface area contributed by atoms with Crippen molar-refractivity contribution >= 4 is 17.3 Å². The number of carbonyl (C=O) groups is 1. The second-order valence-electron chi connectivity index (χ2n) is 4.73. The van der Waals surface area contributed by atoms with Gasteiger partial charge in [-0.2, -0.15) is 0 Å². The van der Waals surface area contributed by atoms with Crippen LogP contribution in [0.4, 0.5) is 11.4 Å². The summed E-state index contributed by atoms with van der Waals surface area (Å²) in [6.07, 6.45) is 3.89. The van der Waals surface area contributed by atoms with Crippen molar-refractivity contribution in [2.24, 2.45) is 5.73 Å². The van der Waals surface area contributed by atoms with E-state index in [2.05, 4.69) is 10.3 Å². The zero-order valence-corrected chi connectivity index (χ0v) is 11.1. The van der Waals surface area contributed by atoms with Crippen LogP contribution in [0.5, 0.6) is 0 Å². The average molecular weight is 287 g/mol. The minimum atomic E-state index is -0.454. The van der Waals surface area contributed by atoms with Crippen molar-refractivity contribution in [3.8, 4) is 5.69 Å². The number of amides is 1. The fourth-order valence-corrected chi connectivity index (χ4v) is 2.46. The van der Waals surface area contributed by atoms with Gasteiger partial charge in [0.05, 0.1) is 11.3 Å². The number of hydrogen-bond donors (Lipinski definition) is 2. The quantitative estimate of drug-likeness (QED) is 0.636. The number of aromatic nitrogens is 2. The van der Waals surface area contributed by atoms with Crippen LogP contribution in [0.2, 0.25) is 0 Å². The lowest BCUT2D eigenvalue weighted by molar-refractivity contribution is -0.384. The number of nitrogens with one attached hydrogen (secondary N) is 1. The van der Waals surface area contributed by atoms with Crippen LogP contribution in [0.1, 0.15) is 11.4 Å². The number of fused-ring (bicyclic) bond motifs is 1. The minimum absolute atomic E-state index is 0.0541. The lowest BCUT2D eigenvalue weighted by atomic mass is 10.1. The molecule has 21 heavy (non-hydrogen) atoms. The lowest BCUT2D eigenvalue weighted by Crippen LogP contribution is -2.10. The van der Waals surface area contributed by atoms with E-state index in [0.29, 0.717) is 35.7 Å². The summed E-state index contributed by atoms with van der Waals surface area (Å²) in [5, 5.41) is 14.0. The third-order valence-corrected chi connectivity index (χ3v) is 3.37. The molecule has 1 aromatic carbocycles. The van der Waals surface area contributed by atoms with Crippen molar-refractivity contribution in [1.29, 1.82) is 0 Å². The summed E-state index contributed by atoms with van der Waals surface area (Å²) in [5.41, 5.74) is 7.09. The van der Waals surface area contributed by atoms with Crippen molar-refractivity contribution in [3.63, 3.8) is 0 Å². The van der Waals surface area contributed by atoms with Crippen LogP contribution in [0, 0.1) is 10.1 Å². The number of nitrogens with two attached hydrogens (primary N) is 1. The molecule has 108 valence electrons. The fourth-order valence-electron chi connectivity index (χ4n) is 2.46. The number of rotatable bonds is 4. The predicted octanol–water partition coefficient (Wildman–Crippen LogP) is 0.776. The first-order valence-corrected chi connectivity index (χ1v) is 6.44. The third kappa shape index (κ3) is 2.25. The maximum Gasteiger partial charge on any atom is 0.293 e. The van der Waals surface area contributed by atoms with Crippen molar-refractivity contribution in [2.45, 2.75) is 12.8 Å². The van der Waals surface area contributed by atoms with E-state index in [1.54, 1.807) is 23.0 Å². The topological polar surface area (TPSA) is 116 Å². The molecule has 0 bridgehead atoms. The molecule has 0 fully saturated rings. The SMILES string of the molecule is NCCc1nccn1-c1cc2c(cc1[N+](=O)[O-])CC(=O)N2. The highest BCUT2D eigenvalue weighted by Gasteiger charge is 2.26. The molecule has 0 aliphatic carbocycles. The van der Waals surface area contributed by atoms with Crippen LogP contribution >= 0.6 is 0 Å². The maximum atomic E-state index is 11.4. The van der Waals surface area contributed by atoms with Gasteiger partial charge in [-0.25, -0.2) is 4.98 Å². The number of nitrogens with zero attached hydrogens (tertiary/aromatic N) is 3. The van der Waals surface area contributed by atoms with E-state index in [1.165, 1.54) is 6.07 Å². The largest absolute Gasteiger partial charge is 0.330 e. The van der Waals surface area contributed by atoms with Gasteiger partial charge in [-0.3, -0.25) is 19.5 Å². The van der Waals surface area contributed by atoms with Gasteiger partial charge in [0.25, 0.3) is 5.69 Å². The third-order valence-electron chi connectivity index (χ3n) is 3.37. The van der Waals surface area contributed by atoms with Gasteiger partial charge in [-0.05, 0) is 18.2 Å². The molecule has 0 unspecified atom stereocenters. The van der Waals surface area contributed by atoms with Crippen LogP contribution in [-0.4, -0.2) is 26.9 Å². The van der Waals surface area contributed by atoms with E-state index in [1.807, 2.05) is 0 Å². The summed E-state index contributed by atoms with van der Waals surface area (Å²) in [6, 6.07) is 3.05. The first-order chi connectivity index (χ1) is 10.1. The molecule has 3 rings (SSSR count). The van der Waals surface area contributed by atoms with E-state index in [-0.39, 0.29) is 18.0 Å². The van der Waals surface area contributed by atoms with Gasteiger partial charge < -0.3 is 11.1 Å². The van der Waals surface area contributed by atoms with Crippen LogP contribution in [0.15, 0.2) is 24.5 Å². The number of hydrogen-bond acceptors (Lipinski definition) is 5. The zero-order chi connectivity index (χ0) is 15.0. The summed E-state index contributed by atoms with van der Waals surface area (Å²) in [5.74, 6) is 0.481. The minimum Gasteiger partial charge on any atom is -0.330 e. The Morgan fingerprint density at radius 2 is 2.29 bits per heavy atom. The maximum absolute atomic E-state index is 11.4. The van der Waals surface area contributed by atoms with E-state index >= 15 is 0 Å². The highest BCUT2D eigenvalue weighted by Crippen LogP contribution is 2.33. The predicted molar refractivity (Wildman–Crippen MR) is 75.3 cm³/mol. The van der Waals surface area contributed by atoms with Crippen molar-refractivity contribution in [2.75, 3.05) is 11.9 Å². The van der Waals surface area contributed by atoms with Crippen LogP contribution in [0.3, 0.4) is 0 Å². The molecule has 1 aromatic heterocycles. The molecule has 0 spiro atoms. The normalized spacial score (nSPS) is 13.1. The lowest BCUT2D eigenvalue weighted by Gasteiger charge is -2.10. The number of anilines is 1. The van der Waals surface area contributed by atoms with E-state index in [0.717, 1.165) is 0 Å². The standard InChI is InChI=1S/C13H13N5O3/c14-2-1-12-15-3-4-17(12)10-7-9-8(6-13(19)16-9)5-11(10)18(20)21/h3-5,7H,1-2,6,14H2,(H,16,19). The molecule has 8 heteroatoms.